The standard InChI is InChI=1S/C38H38F4IN3O2S2/c1-5-8-26-25(6-2)30(39)15-17-31(26)46-32-16-11-23(22(18-20-43)9-7-19-38(40,41)42)10-13-28(32)37(3,4)29-14-12-24(50-35(29)46)21-27-33(47)44-36(49)45-34(27)48/h6-7,9,12-13,15-18,21,23H,2,5,8,10-11,14,19-20H2,1,3-4H3,(H2,44,45,47,48,49)/b9-7-,22-18+. The predicted molar refractivity (Wildman–Crippen MR) is 207 cm³/mol. The van der Waals surface area contributed by atoms with Gasteiger partial charge in [-0.3, -0.25) is 20.2 Å². The fourth-order valence-corrected chi connectivity index (χ4v) is 8.81. The highest BCUT2D eigenvalue weighted by Gasteiger charge is 2.44. The number of hydrogen-bond donors (Lipinski definition) is 2. The van der Waals surface area contributed by atoms with Gasteiger partial charge < -0.3 is 4.90 Å². The van der Waals surface area contributed by atoms with Crippen LogP contribution in [0.3, 0.4) is 0 Å². The summed E-state index contributed by atoms with van der Waals surface area (Å²) in [6.45, 7) is 10.3. The molecule has 50 heavy (non-hydrogen) atoms. The molecular formula is C38H38F4IN3O2S2. The van der Waals surface area contributed by atoms with Crippen molar-refractivity contribution in [1.82, 2.24) is 10.6 Å². The van der Waals surface area contributed by atoms with E-state index >= 15 is 4.39 Å². The molecule has 3 aliphatic heterocycles. The van der Waals surface area contributed by atoms with E-state index < -0.39 is 29.8 Å². The summed E-state index contributed by atoms with van der Waals surface area (Å²) in [4.78, 5) is 28.3. The maximum atomic E-state index is 15.3. The molecule has 5 nitrogen and oxygen atoms in total. The van der Waals surface area contributed by atoms with Crippen LogP contribution in [0.1, 0.15) is 64.0 Å². The van der Waals surface area contributed by atoms with Crippen molar-refractivity contribution in [1.29, 1.82) is 0 Å². The zero-order valence-corrected chi connectivity index (χ0v) is 31.8. The Labute approximate surface area is 313 Å². The highest BCUT2D eigenvalue weighted by atomic mass is 127. The van der Waals surface area contributed by atoms with Crippen LogP contribution in [0.2, 0.25) is 0 Å². The van der Waals surface area contributed by atoms with E-state index in [0.29, 0.717) is 40.6 Å². The molecule has 2 N–H and O–H groups in total. The van der Waals surface area contributed by atoms with Gasteiger partial charge in [0.15, 0.2) is 5.11 Å². The monoisotopic (exact) mass is 835 g/mol. The molecule has 4 aliphatic rings. The molecule has 1 atom stereocenters. The number of anilines is 1. The summed E-state index contributed by atoms with van der Waals surface area (Å²) >= 11 is 8.61. The Morgan fingerprint density at radius 3 is 2.50 bits per heavy atom. The van der Waals surface area contributed by atoms with Gasteiger partial charge in [0, 0.05) is 26.0 Å². The molecule has 0 spiro atoms. The van der Waals surface area contributed by atoms with Crippen molar-refractivity contribution in [2.24, 2.45) is 11.3 Å². The second-order valence-electron chi connectivity index (χ2n) is 12.8. The smallest absolute Gasteiger partial charge is 0.304 e. The van der Waals surface area contributed by atoms with Gasteiger partial charge in [-0.1, -0.05) is 111 Å². The molecule has 12 heteroatoms. The molecule has 0 bridgehead atoms. The third-order valence-electron chi connectivity index (χ3n) is 9.23. The van der Waals surface area contributed by atoms with E-state index in [1.165, 1.54) is 23.9 Å². The first kappa shape index (κ1) is 38.0. The molecule has 3 heterocycles. The zero-order valence-electron chi connectivity index (χ0n) is 28.0. The highest BCUT2D eigenvalue weighted by molar-refractivity contribution is 14.1. The fraction of sp³-hybridized carbons (Fsp3) is 0.342. The normalized spacial score (nSPS) is 21.1. The molecule has 0 saturated carbocycles. The number of alkyl halides is 4. The molecule has 1 aromatic rings. The number of rotatable bonds is 9. The number of nitrogens with one attached hydrogen (secondary N) is 2. The number of thioether (sulfide) groups is 1. The third kappa shape index (κ3) is 7.97. The van der Waals surface area contributed by atoms with Crippen molar-refractivity contribution in [2.45, 2.75) is 65.5 Å². The number of amides is 2. The van der Waals surface area contributed by atoms with E-state index in [-0.39, 0.29) is 22.4 Å². The molecule has 1 aromatic carbocycles. The summed E-state index contributed by atoms with van der Waals surface area (Å²) in [5.74, 6) is -1.58. The van der Waals surface area contributed by atoms with E-state index in [2.05, 4.69) is 70.7 Å². The average Bonchev–Trinajstić information content (AvgIpc) is 3.27. The first-order valence-electron chi connectivity index (χ1n) is 16.3. The van der Waals surface area contributed by atoms with Gasteiger partial charge >= 0.3 is 6.18 Å². The van der Waals surface area contributed by atoms with Crippen LogP contribution in [0.25, 0.3) is 6.08 Å². The van der Waals surface area contributed by atoms with Crippen LogP contribution in [-0.4, -0.2) is 27.5 Å². The molecule has 2 amide bonds. The summed E-state index contributed by atoms with van der Waals surface area (Å²) in [6.07, 6.45) is 12.1. The van der Waals surface area contributed by atoms with Gasteiger partial charge in [-0.25, -0.2) is 4.39 Å². The Kier molecular flexibility index (Phi) is 11.8. The number of carbonyl (C=O) groups excluding carboxylic acids is 2. The van der Waals surface area contributed by atoms with E-state index in [1.807, 2.05) is 19.1 Å². The van der Waals surface area contributed by atoms with E-state index in [1.54, 1.807) is 24.3 Å². The van der Waals surface area contributed by atoms with Gasteiger partial charge in [-0.15, -0.1) is 0 Å². The number of benzene rings is 1. The average molecular weight is 836 g/mol. The number of allylic oxidation sites excluding steroid dienone is 10. The number of carbonyl (C=O) groups is 2. The van der Waals surface area contributed by atoms with Gasteiger partial charge in [0.25, 0.3) is 11.8 Å². The van der Waals surface area contributed by atoms with Crippen molar-refractivity contribution >= 4 is 75.3 Å². The molecule has 0 aromatic heterocycles. The van der Waals surface area contributed by atoms with Crippen molar-refractivity contribution in [3.05, 3.63) is 116 Å². The Morgan fingerprint density at radius 1 is 1.16 bits per heavy atom. The summed E-state index contributed by atoms with van der Waals surface area (Å²) in [5, 5.41) is 5.82. The summed E-state index contributed by atoms with van der Waals surface area (Å²) in [5.41, 5.74) is 5.50. The number of halogens is 5. The molecule has 1 saturated heterocycles. The lowest BCUT2D eigenvalue weighted by atomic mass is 9.71. The Bertz CT molecular complexity index is 1830. The van der Waals surface area contributed by atoms with Crippen molar-refractivity contribution in [2.75, 3.05) is 9.33 Å². The maximum absolute atomic E-state index is 15.3. The van der Waals surface area contributed by atoms with E-state index in [9.17, 15) is 22.8 Å². The van der Waals surface area contributed by atoms with Crippen LogP contribution in [0.15, 0.2) is 99.2 Å². The topological polar surface area (TPSA) is 61.4 Å². The highest BCUT2D eigenvalue weighted by Crippen LogP contribution is 2.57. The maximum Gasteiger partial charge on any atom is 0.392 e. The van der Waals surface area contributed by atoms with Crippen LogP contribution >= 0.6 is 46.6 Å². The first-order chi connectivity index (χ1) is 23.7. The zero-order chi connectivity index (χ0) is 36.4. The van der Waals surface area contributed by atoms with Gasteiger partial charge in [-0.05, 0) is 84.3 Å². The fourth-order valence-electron chi connectivity index (χ4n) is 6.80. The van der Waals surface area contributed by atoms with Crippen molar-refractivity contribution < 1.29 is 27.2 Å². The van der Waals surface area contributed by atoms with Crippen LogP contribution in [0, 0.1) is 17.2 Å². The third-order valence-corrected chi connectivity index (χ3v) is 11.0. The van der Waals surface area contributed by atoms with Crippen molar-refractivity contribution in [3.63, 3.8) is 0 Å². The Balaban J connectivity index is 1.66. The Morgan fingerprint density at radius 2 is 1.86 bits per heavy atom. The minimum Gasteiger partial charge on any atom is -0.304 e. The molecule has 1 fully saturated rings. The van der Waals surface area contributed by atoms with Crippen LogP contribution < -0.4 is 15.5 Å². The molecular weight excluding hydrogens is 797 g/mol. The minimum absolute atomic E-state index is 0.0457. The summed E-state index contributed by atoms with van der Waals surface area (Å²) in [6, 6.07) is 3.24. The molecule has 264 valence electrons. The number of thiocarbonyl (C=S) groups is 1. The largest absolute Gasteiger partial charge is 0.392 e. The minimum atomic E-state index is -4.28. The molecule has 5 rings (SSSR count). The molecule has 1 aliphatic carbocycles. The molecule has 0 radical (unpaired) electrons. The number of hydrogen-bond acceptors (Lipinski definition) is 5. The summed E-state index contributed by atoms with van der Waals surface area (Å²) < 4.78 is 55.0. The Hall–Kier alpha value is -3.23. The lowest BCUT2D eigenvalue weighted by Crippen LogP contribution is -2.51. The lowest BCUT2D eigenvalue weighted by molar-refractivity contribution is -0.125. The molecule has 1 unspecified atom stereocenters. The SMILES string of the molecule is C=Cc1c(F)ccc(N2C3=CCC(C(/C=C\CC(F)(F)F)=C/CI)CC=C3C(C)(C)C3=C2SC(C=C2C(=O)NC(=S)NC2=O)=CC3)c1CCC. The van der Waals surface area contributed by atoms with Crippen LogP contribution in [0.4, 0.5) is 23.2 Å². The quantitative estimate of drug-likeness (QED) is 0.0494. The second-order valence-corrected chi connectivity index (χ2v) is 15.2. The first-order valence-corrected chi connectivity index (χ1v) is 19.1. The van der Waals surface area contributed by atoms with E-state index in [4.69, 9.17) is 12.2 Å². The summed E-state index contributed by atoms with van der Waals surface area (Å²) in [7, 11) is 0. The van der Waals surface area contributed by atoms with Gasteiger partial charge in [-0.2, -0.15) is 13.2 Å². The van der Waals surface area contributed by atoms with Crippen LogP contribution in [-0.2, 0) is 16.0 Å². The van der Waals surface area contributed by atoms with E-state index in [0.717, 1.165) is 45.1 Å². The number of fused-ring (bicyclic) bond motifs is 1. The second kappa shape index (κ2) is 15.6. The van der Waals surface area contributed by atoms with Gasteiger partial charge in [0.2, 0.25) is 0 Å². The lowest BCUT2D eigenvalue weighted by Gasteiger charge is -2.47. The van der Waals surface area contributed by atoms with Gasteiger partial charge in [0.1, 0.15) is 11.4 Å². The van der Waals surface area contributed by atoms with Gasteiger partial charge in [0.05, 0.1) is 17.1 Å². The number of nitrogens with zero attached hydrogens (tertiary/aromatic N) is 1. The van der Waals surface area contributed by atoms with Crippen molar-refractivity contribution in [3.8, 4) is 0 Å². The van der Waals surface area contributed by atoms with Crippen LogP contribution in [0.5, 0.6) is 0 Å². The predicted octanol–water partition coefficient (Wildman–Crippen LogP) is 10.0.